The predicted molar refractivity (Wildman–Crippen MR) is 66.5 cm³/mol. The maximum Gasteiger partial charge on any atom is 0.355 e. The van der Waals surface area contributed by atoms with Crippen molar-refractivity contribution in [1.29, 1.82) is 0 Å². The molecule has 0 spiro atoms. The molecular formula is C10H10F2N4O2S. The summed E-state index contributed by atoms with van der Waals surface area (Å²) in [4.78, 5) is 0. The molecule has 0 saturated carbocycles. The summed E-state index contributed by atoms with van der Waals surface area (Å²) in [5.74, 6) is -3.59. The normalized spacial score (nSPS) is 11.7. The Bertz CT molecular complexity index is 667. The maximum atomic E-state index is 12.3. The molecule has 9 heteroatoms. The molecule has 19 heavy (non-hydrogen) atoms. The minimum atomic E-state index is -4.73. The molecule has 0 saturated heterocycles. The minimum Gasteiger partial charge on any atom is -0.399 e. The Hall–Kier alpha value is -2.16. The Morgan fingerprint density at radius 3 is 2.42 bits per heavy atom. The van der Waals surface area contributed by atoms with Gasteiger partial charge in [0.1, 0.15) is 5.82 Å². The van der Waals surface area contributed by atoms with E-state index in [0.29, 0.717) is 11.4 Å². The monoisotopic (exact) mass is 288 g/mol. The van der Waals surface area contributed by atoms with Crippen molar-refractivity contribution >= 4 is 21.5 Å². The van der Waals surface area contributed by atoms with E-state index < -0.39 is 15.8 Å². The van der Waals surface area contributed by atoms with Crippen LogP contribution in [0.5, 0.6) is 0 Å². The Morgan fingerprint density at radius 2 is 1.84 bits per heavy atom. The van der Waals surface area contributed by atoms with Gasteiger partial charge in [-0.2, -0.15) is 13.9 Å². The molecule has 2 aromatic rings. The summed E-state index contributed by atoms with van der Waals surface area (Å²) in [6.45, 7) is 0. The molecule has 6 nitrogen and oxygen atoms in total. The van der Waals surface area contributed by atoms with Crippen LogP contribution in [-0.4, -0.2) is 24.0 Å². The number of nitrogen functional groups attached to an aromatic ring is 1. The largest absolute Gasteiger partial charge is 0.399 e. The lowest BCUT2D eigenvalue weighted by Gasteiger charge is -2.10. The first-order valence-corrected chi connectivity index (χ1v) is 6.64. The molecule has 0 bridgehead atoms. The van der Waals surface area contributed by atoms with E-state index in [1.807, 2.05) is 0 Å². The van der Waals surface area contributed by atoms with Gasteiger partial charge >= 0.3 is 5.76 Å². The standard InChI is InChI=1S/C10H10F2N4O2S/c11-10(12)19(17,18)15-9-5-6-14-16(9)8-3-1-7(13)2-4-8/h1-6,10,15H,13H2. The molecule has 2 rings (SSSR count). The minimum absolute atomic E-state index is 0.0786. The van der Waals surface area contributed by atoms with Crippen molar-refractivity contribution in [3.8, 4) is 5.69 Å². The predicted octanol–water partition coefficient (Wildman–Crippen LogP) is 1.42. The summed E-state index contributed by atoms with van der Waals surface area (Å²) in [6.07, 6.45) is 1.29. The molecule has 102 valence electrons. The van der Waals surface area contributed by atoms with Crippen LogP contribution in [0, 0.1) is 0 Å². The fourth-order valence-electron chi connectivity index (χ4n) is 1.39. The highest BCUT2D eigenvalue weighted by atomic mass is 32.2. The lowest BCUT2D eigenvalue weighted by atomic mass is 10.3. The van der Waals surface area contributed by atoms with Crippen LogP contribution in [0.1, 0.15) is 0 Å². The van der Waals surface area contributed by atoms with Gasteiger partial charge in [0.15, 0.2) is 0 Å². The van der Waals surface area contributed by atoms with Crippen molar-refractivity contribution in [3.63, 3.8) is 0 Å². The number of aromatic nitrogens is 2. The third-order valence-electron chi connectivity index (χ3n) is 2.26. The molecule has 0 fully saturated rings. The number of nitrogens with two attached hydrogens (primary N) is 1. The van der Waals surface area contributed by atoms with E-state index in [4.69, 9.17) is 5.73 Å². The first-order valence-electron chi connectivity index (χ1n) is 5.10. The Kier molecular flexibility index (Phi) is 3.38. The van der Waals surface area contributed by atoms with Crippen molar-refractivity contribution < 1.29 is 17.2 Å². The third kappa shape index (κ3) is 2.81. The Morgan fingerprint density at radius 1 is 1.21 bits per heavy atom. The average molecular weight is 288 g/mol. The van der Waals surface area contributed by atoms with E-state index in [1.54, 1.807) is 29.0 Å². The zero-order chi connectivity index (χ0) is 14.0. The first kappa shape index (κ1) is 13.3. The second-order valence-electron chi connectivity index (χ2n) is 3.63. The van der Waals surface area contributed by atoms with Crippen molar-refractivity contribution in [2.24, 2.45) is 0 Å². The van der Waals surface area contributed by atoms with E-state index in [0.717, 1.165) is 0 Å². The number of halogens is 2. The van der Waals surface area contributed by atoms with Gasteiger partial charge in [0.05, 0.1) is 11.9 Å². The number of anilines is 2. The van der Waals surface area contributed by atoms with Crippen LogP contribution >= 0.6 is 0 Å². The van der Waals surface area contributed by atoms with Gasteiger partial charge in [0.25, 0.3) is 10.0 Å². The van der Waals surface area contributed by atoms with Gasteiger partial charge < -0.3 is 5.73 Å². The SMILES string of the molecule is Nc1ccc(-n2nccc2NS(=O)(=O)C(F)F)cc1. The van der Waals surface area contributed by atoms with Crippen molar-refractivity contribution in [2.45, 2.75) is 5.76 Å². The van der Waals surface area contributed by atoms with Crippen LogP contribution in [-0.2, 0) is 10.0 Å². The summed E-state index contributed by atoms with van der Waals surface area (Å²) in [5.41, 5.74) is 6.53. The molecule has 0 radical (unpaired) electrons. The van der Waals surface area contributed by atoms with Crippen molar-refractivity contribution in [1.82, 2.24) is 9.78 Å². The molecule has 0 amide bonds. The summed E-state index contributed by atoms with van der Waals surface area (Å²) in [5, 5.41) is 3.86. The fraction of sp³-hybridized carbons (Fsp3) is 0.100. The van der Waals surface area contributed by atoms with Crippen LogP contribution in [0.2, 0.25) is 0 Å². The van der Waals surface area contributed by atoms with Gasteiger partial charge in [-0.15, -0.1) is 0 Å². The molecule has 1 aromatic carbocycles. The van der Waals surface area contributed by atoms with E-state index >= 15 is 0 Å². The molecule has 0 atom stereocenters. The second kappa shape index (κ2) is 4.84. The van der Waals surface area contributed by atoms with Gasteiger partial charge in [-0.05, 0) is 24.3 Å². The van der Waals surface area contributed by atoms with Gasteiger partial charge in [-0.1, -0.05) is 0 Å². The van der Waals surface area contributed by atoms with E-state index in [-0.39, 0.29) is 5.82 Å². The number of nitrogens with zero attached hydrogens (tertiary/aromatic N) is 2. The highest BCUT2D eigenvalue weighted by Crippen LogP contribution is 2.18. The molecular weight excluding hydrogens is 278 g/mol. The number of hydrogen-bond acceptors (Lipinski definition) is 4. The van der Waals surface area contributed by atoms with E-state index in [9.17, 15) is 17.2 Å². The number of sulfonamides is 1. The molecule has 0 unspecified atom stereocenters. The number of nitrogens with one attached hydrogen (secondary N) is 1. The number of benzene rings is 1. The Labute approximate surface area is 107 Å². The maximum absolute atomic E-state index is 12.3. The molecule has 3 N–H and O–H groups in total. The molecule has 0 aliphatic heterocycles. The molecule has 0 aliphatic rings. The quantitative estimate of drug-likeness (QED) is 0.832. The molecule has 1 aromatic heterocycles. The summed E-state index contributed by atoms with van der Waals surface area (Å²) in [6, 6.07) is 7.62. The molecule has 1 heterocycles. The lowest BCUT2D eigenvalue weighted by molar-refractivity contribution is 0.236. The van der Waals surface area contributed by atoms with E-state index in [1.165, 1.54) is 16.9 Å². The fourth-order valence-corrected chi connectivity index (χ4v) is 1.93. The summed E-state index contributed by atoms with van der Waals surface area (Å²) >= 11 is 0. The molecule has 0 aliphatic carbocycles. The number of rotatable bonds is 4. The van der Waals surface area contributed by atoms with Crippen molar-refractivity contribution in [2.75, 3.05) is 10.5 Å². The van der Waals surface area contributed by atoms with Gasteiger partial charge in [0.2, 0.25) is 0 Å². The van der Waals surface area contributed by atoms with Crippen LogP contribution < -0.4 is 10.5 Å². The smallest absolute Gasteiger partial charge is 0.355 e. The van der Waals surface area contributed by atoms with Gasteiger partial charge in [-0.25, -0.2) is 13.1 Å². The van der Waals surface area contributed by atoms with Crippen molar-refractivity contribution in [3.05, 3.63) is 36.5 Å². The average Bonchev–Trinajstić information content (AvgIpc) is 2.77. The van der Waals surface area contributed by atoms with Crippen LogP contribution in [0.15, 0.2) is 36.5 Å². The number of alkyl halides is 2. The zero-order valence-corrected chi connectivity index (χ0v) is 10.3. The summed E-state index contributed by atoms with van der Waals surface area (Å²) in [7, 11) is -4.73. The van der Waals surface area contributed by atoms with Gasteiger partial charge in [-0.3, -0.25) is 4.72 Å². The second-order valence-corrected chi connectivity index (χ2v) is 5.28. The lowest BCUT2D eigenvalue weighted by Crippen LogP contribution is -2.22. The van der Waals surface area contributed by atoms with Gasteiger partial charge in [0, 0.05) is 11.8 Å². The summed E-state index contributed by atoms with van der Waals surface area (Å²) < 4.78 is 49.8. The highest BCUT2D eigenvalue weighted by Gasteiger charge is 2.25. The van der Waals surface area contributed by atoms with Crippen LogP contribution in [0.4, 0.5) is 20.3 Å². The van der Waals surface area contributed by atoms with Crippen LogP contribution in [0.25, 0.3) is 5.69 Å². The topological polar surface area (TPSA) is 90.0 Å². The highest BCUT2D eigenvalue weighted by molar-refractivity contribution is 7.92. The van der Waals surface area contributed by atoms with E-state index in [2.05, 4.69) is 5.10 Å². The zero-order valence-electron chi connectivity index (χ0n) is 9.49. The first-order chi connectivity index (χ1) is 8.90. The number of hydrogen-bond donors (Lipinski definition) is 2. The Balaban J connectivity index is 2.36. The third-order valence-corrected chi connectivity index (χ3v) is 3.22. The van der Waals surface area contributed by atoms with Crippen LogP contribution in [0.3, 0.4) is 0 Å².